The SMILES string of the molecule is CCC1CCN(c2ccc([N+](=O)[O-])nc2)C(CN)C1. The molecule has 1 aliphatic rings. The monoisotopic (exact) mass is 264 g/mol. The second-order valence-corrected chi connectivity index (χ2v) is 5.01. The van der Waals surface area contributed by atoms with Crippen molar-refractivity contribution in [2.24, 2.45) is 11.7 Å². The second-order valence-electron chi connectivity index (χ2n) is 5.01. The second kappa shape index (κ2) is 5.97. The number of anilines is 1. The highest BCUT2D eigenvalue weighted by Gasteiger charge is 2.27. The number of nitro groups is 1. The highest BCUT2D eigenvalue weighted by molar-refractivity contribution is 5.48. The summed E-state index contributed by atoms with van der Waals surface area (Å²) in [5, 5.41) is 10.6. The Morgan fingerprint density at radius 3 is 2.89 bits per heavy atom. The summed E-state index contributed by atoms with van der Waals surface area (Å²) in [5.74, 6) is 0.618. The fourth-order valence-electron chi connectivity index (χ4n) is 2.72. The van der Waals surface area contributed by atoms with Gasteiger partial charge in [0.05, 0.1) is 5.69 Å². The topological polar surface area (TPSA) is 85.3 Å². The Kier molecular flexibility index (Phi) is 4.31. The molecule has 0 aliphatic carbocycles. The van der Waals surface area contributed by atoms with Gasteiger partial charge < -0.3 is 20.7 Å². The maximum atomic E-state index is 10.6. The van der Waals surface area contributed by atoms with Gasteiger partial charge in [-0.25, -0.2) is 0 Å². The van der Waals surface area contributed by atoms with Gasteiger partial charge in [0.1, 0.15) is 0 Å². The fourth-order valence-corrected chi connectivity index (χ4v) is 2.72. The zero-order chi connectivity index (χ0) is 13.8. The Bertz CT molecular complexity index is 435. The largest absolute Gasteiger partial charge is 0.364 e. The number of aromatic nitrogens is 1. The third-order valence-electron chi connectivity index (χ3n) is 3.92. The molecule has 1 saturated heterocycles. The lowest BCUT2D eigenvalue weighted by Crippen LogP contribution is -2.46. The first-order valence-corrected chi connectivity index (χ1v) is 6.72. The van der Waals surface area contributed by atoms with Crippen molar-refractivity contribution in [2.75, 3.05) is 18.0 Å². The molecule has 2 N–H and O–H groups in total. The molecule has 104 valence electrons. The third-order valence-corrected chi connectivity index (χ3v) is 3.92. The molecule has 2 heterocycles. The molecule has 0 radical (unpaired) electrons. The molecule has 6 heteroatoms. The summed E-state index contributed by atoms with van der Waals surface area (Å²) >= 11 is 0. The van der Waals surface area contributed by atoms with Crippen LogP contribution >= 0.6 is 0 Å². The Balaban J connectivity index is 2.13. The number of nitrogens with zero attached hydrogens (tertiary/aromatic N) is 3. The molecule has 19 heavy (non-hydrogen) atoms. The number of pyridine rings is 1. The van der Waals surface area contributed by atoms with Crippen LogP contribution in [0.2, 0.25) is 0 Å². The van der Waals surface area contributed by atoms with Crippen molar-refractivity contribution < 1.29 is 4.92 Å². The Morgan fingerprint density at radius 1 is 1.58 bits per heavy atom. The van der Waals surface area contributed by atoms with Crippen molar-refractivity contribution in [3.05, 3.63) is 28.4 Å². The molecule has 1 fully saturated rings. The van der Waals surface area contributed by atoms with Gasteiger partial charge in [0.25, 0.3) is 0 Å². The fraction of sp³-hybridized carbons (Fsp3) is 0.615. The quantitative estimate of drug-likeness (QED) is 0.663. The van der Waals surface area contributed by atoms with E-state index < -0.39 is 4.92 Å². The molecule has 1 aromatic heterocycles. The van der Waals surface area contributed by atoms with Gasteiger partial charge in [-0.1, -0.05) is 13.3 Å². The zero-order valence-electron chi connectivity index (χ0n) is 11.2. The average molecular weight is 264 g/mol. The van der Waals surface area contributed by atoms with E-state index in [4.69, 9.17) is 5.73 Å². The standard InChI is InChI=1S/C13H20N4O2/c1-2-10-5-6-16(12(7-10)8-14)11-3-4-13(15-9-11)17(18)19/h3-4,9-10,12H,2,5-8,14H2,1H3. The lowest BCUT2D eigenvalue weighted by atomic mass is 9.88. The van der Waals surface area contributed by atoms with Crippen LogP contribution in [-0.2, 0) is 0 Å². The Labute approximate surface area is 112 Å². The highest BCUT2D eigenvalue weighted by Crippen LogP contribution is 2.29. The van der Waals surface area contributed by atoms with E-state index in [0.717, 1.165) is 31.0 Å². The van der Waals surface area contributed by atoms with Crippen molar-refractivity contribution in [3.8, 4) is 0 Å². The lowest BCUT2D eigenvalue weighted by molar-refractivity contribution is -0.389. The first-order chi connectivity index (χ1) is 9.15. The lowest BCUT2D eigenvalue weighted by Gasteiger charge is -2.39. The first kappa shape index (κ1) is 13.7. The van der Waals surface area contributed by atoms with Gasteiger partial charge in [-0.15, -0.1) is 0 Å². The maximum Gasteiger partial charge on any atom is 0.363 e. The molecule has 1 aromatic rings. The molecule has 0 aromatic carbocycles. The Hall–Kier alpha value is -1.69. The van der Waals surface area contributed by atoms with E-state index in [-0.39, 0.29) is 5.82 Å². The molecule has 0 saturated carbocycles. The van der Waals surface area contributed by atoms with Crippen LogP contribution in [0.15, 0.2) is 18.3 Å². The molecule has 0 spiro atoms. The summed E-state index contributed by atoms with van der Waals surface area (Å²) < 4.78 is 0. The summed E-state index contributed by atoms with van der Waals surface area (Å²) in [6.07, 6.45) is 4.99. The molecule has 2 unspecified atom stereocenters. The van der Waals surface area contributed by atoms with E-state index in [1.807, 2.05) is 0 Å². The van der Waals surface area contributed by atoms with Crippen molar-refractivity contribution in [3.63, 3.8) is 0 Å². The molecule has 0 bridgehead atoms. The van der Waals surface area contributed by atoms with Crippen LogP contribution in [0.3, 0.4) is 0 Å². The van der Waals surface area contributed by atoms with Crippen LogP contribution in [0.1, 0.15) is 26.2 Å². The van der Waals surface area contributed by atoms with E-state index >= 15 is 0 Å². The average Bonchev–Trinajstić information content (AvgIpc) is 2.46. The van der Waals surface area contributed by atoms with Gasteiger partial charge in [-0.2, -0.15) is 0 Å². The van der Waals surface area contributed by atoms with Gasteiger partial charge in [0.2, 0.25) is 0 Å². The van der Waals surface area contributed by atoms with Crippen molar-refractivity contribution >= 4 is 11.5 Å². The number of rotatable bonds is 4. The van der Waals surface area contributed by atoms with E-state index in [0.29, 0.717) is 12.6 Å². The van der Waals surface area contributed by atoms with Crippen molar-refractivity contribution in [1.82, 2.24) is 4.98 Å². The minimum absolute atomic E-state index is 0.114. The van der Waals surface area contributed by atoms with Crippen LogP contribution in [0, 0.1) is 16.0 Å². The van der Waals surface area contributed by atoms with Crippen molar-refractivity contribution in [2.45, 2.75) is 32.2 Å². The maximum absolute atomic E-state index is 10.6. The summed E-state index contributed by atoms with van der Waals surface area (Å²) in [4.78, 5) is 16.2. The summed E-state index contributed by atoms with van der Waals surface area (Å²) in [7, 11) is 0. The summed E-state index contributed by atoms with van der Waals surface area (Å²) in [6.45, 7) is 3.76. The van der Waals surface area contributed by atoms with Gasteiger partial charge in [0.15, 0.2) is 6.20 Å². The Morgan fingerprint density at radius 2 is 2.37 bits per heavy atom. The van der Waals surface area contributed by atoms with Crippen LogP contribution < -0.4 is 10.6 Å². The van der Waals surface area contributed by atoms with Gasteiger partial charge >= 0.3 is 5.82 Å². The summed E-state index contributed by atoms with van der Waals surface area (Å²) in [5.41, 5.74) is 6.78. The van der Waals surface area contributed by atoms with Crippen LogP contribution in [0.25, 0.3) is 0 Å². The van der Waals surface area contributed by atoms with Gasteiger partial charge in [-0.3, -0.25) is 0 Å². The van der Waals surface area contributed by atoms with Crippen molar-refractivity contribution in [1.29, 1.82) is 0 Å². The molecule has 0 amide bonds. The smallest absolute Gasteiger partial charge is 0.363 e. The third kappa shape index (κ3) is 3.01. The molecule has 2 rings (SSSR count). The molecular weight excluding hydrogens is 244 g/mol. The predicted molar refractivity (Wildman–Crippen MR) is 74.1 cm³/mol. The number of nitrogens with two attached hydrogens (primary N) is 1. The van der Waals surface area contributed by atoms with Crippen LogP contribution in [0.4, 0.5) is 11.5 Å². The zero-order valence-corrected chi connectivity index (χ0v) is 11.2. The van der Waals surface area contributed by atoms with E-state index in [1.54, 1.807) is 12.3 Å². The van der Waals surface area contributed by atoms with Gasteiger partial charge in [0, 0.05) is 25.2 Å². The number of piperidine rings is 1. The predicted octanol–water partition coefficient (Wildman–Crippen LogP) is 1.94. The van der Waals surface area contributed by atoms with Crippen LogP contribution in [0.5, 0.6) is 0 Å². The molecule has 2 atom stereocenters. The van der Waals surface area contributed by atoms with Crippen LogP contribution in [-0.4, -0.2) is 29.0 Å². The summed E-state index contributed by atoms with van der Waals surface area (Å²) in [6, 6.07) is 3.52. The van der Waals surface area contributed by atoms with E-state index in [1.165, 1.54) is 12.5 Å². The normalized spacial score (nSPS) is 23.4. The minimum atomic E-state index is -0.479. The van der Waals surface area contributed by atoms with Gasteiger partial charge in [-0.05, 0) is 34.7 Å². The molecule has 6 nitrogen and oxygen atoms in total. The first-order valence-electron chi connectivity index (χ1n) is 6.72. The highest BCUT2D eigenvalue weighted by atomic mass is 16.6. The number of hydrogen-bond acceptors (Lipinski definition) is 5. The number of hydrogen-bond donors (Lipinski definition) is 1. The van der Waals surface area contributed by atoms with E-state index in [9.17, 15) is 10.1 Å². The molecular formula is C13H20N4O2. The molecule has 1 aliphatic heterocycles. The minimum Gasteiger partial charge on any atom is -0.364 e. The van der Waals surface area contributed by atoms with E-state index in [2.05, 4.69) is 16.8 Å².